The van der Waals surface area contributed by atoms with Crippen molar-refractivity contribution >= 4 is 11.4 Å². The maximum absolute atomic E-state index is 11.1. The fourth-order valence-electron chi connectivity index (χ4n) is 1.89. The van der Waals surface area contributed by atoms with Crippen molar-refractivity contribution < 1.29 is 4.92 Å². The van der Waals surface area contributed by atoms with Crippen LogP contribution in [0.5, 0.6) is 0 Å². The number of rotatable bonds is 6. The van der Waals surface area contributed by atoms with E-state index in [1.807, 2.05) is 25.3 Å². The summed E-state index contributed by atoms with van der Waals surface area (Å²) in [6.45, 7) is 3.24. The zero-order valence-electron chi connectivity index (χ0n) is 10.7. The first-order valence-corrected chi connectivity index (χ1v) is 6.20. The average molecular weight is 260 g/mol. The lowest BCUT2D eigenvalue weighted by Gasteiger charge is -2.12. The maximum Gasteiger partial charge on any atom is 0.292 e. The van der Waals surface area contributed by atoms with E-state index in [1.54, 1.807) is 16.9 Å². The summed E-state index contributed by atoms with van der Waals surface area (Å²) in [6, 6.07) is 6.93. The van der Waals surface area contributed by atoms with Crippen LogP contribution >= 0.6 is 0 Å². The van der Waals surface area contributed by atoms with Gasteiger partial charge in [-0.1, -0.05) is 19.1 Å². The van der Waals surface area contributed by atoms with E-state index in [2.05, 4.69) is 10.4 Å². The van der Waals surface area contributed by atoms with E-state index in [1.165, 1.54) is 6.07 Å². The molecule has 0 saturated carbocycles. The van der Waals surface area contributed by atoms with Crippen LogP contribution in [-0.2, 0) is 6.54 Å². The third kappa shape index (κ3) is 3.09. The highest BCUT2D eigenvalue weighted by Crippen LogP contribution is 2.28. The summed E-state index contributed by atoms with van der Waals surface area (Å²) in [5.74, 6) is 0. The lowest BCUT2D eigenvalue weighted by Crippen LogP contribution is -2.09. The molecule has 1 aromatic heterocycles. The first kappa shape index (κ1) is 13.1. The molecule has 1 heterocycles. The number of nitrogens with one attached hydrogen (secondary N) is 1. The molecule has 1 aromatic carbocycles. The van der Waals surface area contributed by atoms with E-state index < -0.39 is 0 Å². The molecule has 0 saturated heterocycles. The van der Waals surface area contributed by atoms with E-state index in [0.717, 1.165) is 12.0 Å². The standard InChI is InChI=1S/C13H16N4O2/c1-2-7-14-13-11(10-16-9-4-8-15-16)5-3-6-12(13)17(18)19/h3-6,8-9,14H,2,7,10H2,1H3. The highest BCUT2D eigenvalue weighted by molar-refractivity contribution is 5.66. The molecule has 2 aromatic rings. The van der Waals surface area contributed by atoms with Crippen molar-refractivity contribution in [2.24, 2.45) is 0 Å². The van der Waals surface area contributed by atoms with Crippen LogP contribution in [0, 0.1) is 10.1 Å². The molecule has 6 heteroatoms. The molecule has 0 amide bonds. The van der Waals surface area contributed by atoms with E-state index in [9.17, 15) is 10.1 Å². The Morgan fingerprint density at radius 2 is 2.26 bits per heavy atom. The highest BCUT2D eigenvalue weighted by Gasteiger charge is 2.17. The molecule has 100 valence electrons. The summed E-state index contributed by atoms with van der Waals surface area (Å²) in [5, 5.41) is 18.4. The van der Waals surface area contributed by atoms with Crippen LogP contribution in [0.25, 0.3) is 0 Å². The van der Waals surface area contributed by atoms with Gasteiger partial charge in [0.1, 0.15) is 5.69 Å². The minimum Gasteiger partial charge on any atom is -0.379 e. The summed E-state index contributed by atoms with van der Waals surface area (Å²) >= 11 is 0. The molecule has 0 unspecified atom stereocenters. The zero-order chi connectivity index (χ0) is 13.7. The van der Waals surface area contributed by atoms with Gasteiger partial charge in [0.15, 0.2) is 0 Å². The Kier molecular flexibility index (Phi) is 4.12. The molecule has 0 aliphatic rings. The van der Waals surface area contributed by atoms with E-state index >= 15 is 0 Å². The second-order valence-electron chi connectivity index (χ2n) is 4.20. The number of aromatic nitrogens is 2. The molecule has 0 bridgehead atoms. The van der Waals surface area contributed by atoms with Crippen molar-refractivity contribution in [3.63, 3.8) is 0 Å². The van der Waals surface area contributed by atoms with Gasteiger partial charge in [0.05, 0.1) is 11.5 Å². The third-order valence-electron chi connectivity index (χ3n) is 2.77. The lowest BCUT2D eigenvalue weighted by atomic mass is 10.1. The Morgan fingerprint density at radius 3 is 2.89 bits per heavy atom. The molecule has 1 N–H and O–H groups in total. The normalized spacial score (nSPS) is 10.4. The number of anilines is 1. The van der Waals surface area contributed by atoms with Gasteiger partial charge in [-0.25, -0.2) is 0 Å². The second kappa shape index (κ2) is 5.99. The summed E-state index contributed by atoms with van der Waals surface area (Å²) in [5.41, 5.74) is 1.56. The summed E-state index contributed by atoms with van der Waals surface area (Å²) in [4.78, 5) is 10.7. The number of nitrogens with zero attached hydrogens (tertiary/aromatic N) is 3. The van der Waals surface area contributed by atoms with Gasteiger partial charge in [0.2, 0.25) is 0 Å². The monoisotopic (exact) mass is 260 g/mol. The van der Waals surface area contributed by atoms with Gasteiger partial charge >= 0.3 is 0 Å². The zero-order valence-corrected chi connectivity index (χ0v) is 10.7. The van der Waals surface area contributed by atoms with Crippen LogP contribution in [0.15, 0.2) is 36.7 Å². The molecule has 0 spiro atoms. The molecule has 0 fully saturated rings. The highest BCUT2D eigenvalue weighted by atomic mass is 16.6. The summed E-state index contributed by atoms with van der Waals surface area (Å²) in [7, 11) is 0. The van der Waals surface area contributed by atoms with Gasteiger partial charge in [0, 0.05) is 30.6 Å². The SMILES string of the molecule is CCCNc1c(Cn2cccn2)cccc1[N+](=O)[O-]. The molecule has 6 nitrogen and oxygen atoms in total. The van der Waals surface area contributed by atoms with E-state index in [0.29, 0.717) is 18.8 Å². The van der Waals surface area contributed by atoms with Crippen molar-refractivity contribution in [2.45, 2.75) is 19.9 Å². The number of hydrogen-bond donors (Lipinski definition) is 1. The van der Waals surface area contributed by atoms with E-state index in [-0.39, 0.29) is 10.6 Å². The Hall–Kier alpha value is -2.37. The minimum absolute atomic E-state index is 0.109. The molecule has 2 rings (SSSR count). The topological polar surface area (TPSA) is 73.0 Å². The average Bonchev–Trinajstić information content (AvgIpc) is 2.89. The van der Waals surface area contributed by atoms with Gasteiger partial charge in [0.25, 0.3) is 5.69 Å². The lowest BCUT2D eigenvalue weighted by molar-refractivity contribution is -0.384. The van der Waals surface area contributed by atoms with Gasteiger partial charge in [-0.2, -0.15) is 5.10 Å². The van der Waals surface area contributed by atoms with Crippen molar-refractivity contribution in [3.8, 4) is 0 Å². The predicted molar refractivity (Wildman–Crippen MR) is 73.2 cm³/mol. The predicted octanol–water partition coefficient (Wildman–Crippen LogP) is 2.66. The van der Waals surface area contributed by atoms with Crippen molar-refractivity contribution in [3.05, 3.63) is 52.3 Å². The van der Waals surface area contributed by atoms with Gasteiger partial charge in [-0.15, -0.1) is 0 Å². The molecular formula is C13H16N4O2. The van der Waals surface area contributed by atoms with Gasteiger partial charge < -0.3 is 5.32 Å². The second-order valence-corrected chi connectivity index (χ2v) is 4.20. The first-order valence-electron chi connectivity index (χ1n) is 6.20. The summed E-state index contributed by atoms with van der Waals surface area (Å²) < 4.78 is 1.75. The van der Waals surface area contributed by atoms with Crippen molar-refractivity contribution in [2.75, 3.05) is 11.9 Å². The van der Waals surface area contributed by atoms with Crippen LogP contribution in [0.2, 0.25) is 0 Å². The Labute approximate surface area is 111 Å². The minimum atomic E-state index is -0.357. The number of para-hydroxylation sites is 1. The summed E-state index contributed by atoms with van der Waals surface area (Å²) in [6.07, 6.45) is 4.44. The number of nitro groups is 1. The molecular weight excluding hydrogens is 244 g/mol. The van der Waals surface area contributed by atoms with Crippen LogP contribution in [0.1, 0.15) is 18.9 Å². The number of hydrogen-bond acceptors (Lipinski definition) is 4. The van der Waals surface area contributed by atoms with E-state index in [4.69, 9.17) is 0 Å². The molecule has 0 atom stereocenters. The molecule has 0 aliphatic carbocycles. The number of benzene rings is 1. The Balaban J connectivity index is 2.35. The van der Waals surface area contributed by atoms with Crippen LogP contribution in [0.4, 0.5) is 11.4 Å². The van der Waals surface area contributed by atoms with Crippen molar-refractivity contribution in [1.82, 2.24) is 9.78 Å². The van der Waals surface area contributed by atoms with Crippen LogP contribution in [0.3, 0.4) is 0 Å². The third-order valence-corrected chi connectivity index (χ3v) is 2.77. The van der Waals surface area contributed by atoms with Gasteiger partial charge in [-0.3, -0.25) is 14.8 Å². The Bertz CT molecular complexity index is 552. The maximum atomic E-state index is 11.1. The largest absolute Gasteiger partial charge is 0.379 e. The van der Waals surface area contributed by atoms with Crippen molar-refractivity contribution in [1.29, 1.82) is 0 Å². The molecule has 19 heavy (non-hydrogen) atoms. The Morgan fingerprint density at radius 1 is 1.42 bits per heavy atom. The van der Waals surface area contributed by atoms with Crippen LogP contribution in [-0.4, -0.2) is 21.2 Å². The molecule has 0 radical (unpaired) electrons. The smallest absolute Gasteiger partial charge is 0.292 e. The quantitative estimate of drug-likeness (QED) is 0.640. The number of nitro benzene ring substituents is 1. The molecule has 0 aliphatic heterocycles. The fourth-order valence-corrected chi connectivity index (χ4v) is 1.89. The first-order chi connectivity index (χ1) is 9.22. The van der Waals surface area contributed by atoms with Crippen LogP contribution < -0.4 is 5.32 Å². The van der Waals surface area contributed by atoms with Gasteiger partial charge in [-0.05, 0) is 12.5 Å². The fraction of sp³-hybridized carbons (Fsp3) is 0.308.